The molecule has 0 aliphatic carbocycles. The van der Waals surface area contributed by atoms with Gasteiger partial charge in [-0.3, -0.25) is 0 Å². The molecule has 0 aliphatic heterocycles. The molecule has 1 atom stereocenters. The van der Waals surface area contributed by atoms with Gasteiger partial charge < -0.3 is 4.74 Å². The normalized spacial score (nSPS) is 13.1. The van der Waals surface area contributed by atoms with Crippen LogP contribution in [0, 0.1) is 0 Å². The first-order valence-corrected chi connectivity index (χ1v) is 10.3. The molecule has 0 heterocycles. The summed E-state index contributed by atoms with van der Waals surface area (Å²) < 4.78 is 6.15. The Morgan fingerprint density at radius 1 is 0.778 bits per heavy atom. The van der Waals surface area contributed by atoms with Crippen LogP contribution in [-0.2, 0) is 11.2 Å². The molecular formula is C26H36O. The average molecular weight is 365 g/mol. The third-order valence-electron chi connectivity index (χ3n) is 5.16. The van der Waals surface area contributed by atoms with Gasteiger partial charge in [-0.25, -0.2) is 0 Å². The van der Waals surface area contributed by atoms with Gasteiger partial charge in [-0.1, -0.05) is 84.0 Å². The van der Waals surface area contributed by atoms with Crippen molar-refractivity contribution in [1.29, 1.82) is 0 Å². The molecule has 1 unspecified atom stereocenters. The van der Waals surface area contributed by atoms with Crippen molar-refractivity contribution >= 4 is 0 Å². The van der Waals surface area contributed by atoms with Crippen LogP contribution in [0.1, 0.15) is 100 Å². The molecule has 0 saturated heterocycles. The number of hydrogen-bond donors (Lipinski definition) is 0. The molecule has 0 bridgehead atoms. The molecule has 0 aromatic heterocycles. The minimum Gasteiger partial charge on any atom is -0.494 e. The maximum Gasteiger partial charge on any atom is 0.121 e. The highest BCUT2D eigenvalue weighted by atomic mass is 16.5. The van der Waals surface area contributed by atoms with Crippen LogP contribution in [0.4, 0.5) is 0 Å². The summed E-state index contributed by atoms with van der Waals surface area (Å²) in [7, 11) is 0. The minimum atomic E-state index is 0.0491. The van der Waals surface area contributed by atoms with Crippen molar-refractivity contribution in [3.05, 3.63) is 82.6 Å². The van der Waals surface area contributed by atoms with E-state index in [1.165, 1.54) is 27.8 Å². The average Bonchev–Trinajstić information content (AvgIpc) is 2.64. The number of ether oxygens (including phenoxy) is 1. The lowest BCUT2D eigenvalue weighted by Crippen LogP contribution is -2.10. The second-order valence-corrected chi connectivity index (χ2v) is 8.42. The molecule has 0 fully saturated rings. The highest BCUT2D eigenvalue weighted by molar-refractivity contribution is 5.45. The molecule has 2 aromatic carbocycles. The number of rotatable bonds is 8. The van der Waals surface area contributed by atoms with E-state index in [1.54, 1.807) is 0 Å². The number of benzene rings is 2. The zero-order valence-electron chi connectivity index (χ0n) is 18.1. The SMILES string of the molecule is CC(C)c1cc(C(C)C)c(C(C)O/C=C\Cc2ccccc2)c(C(C)C)c1. The Bertz CT molecular complexity index is 709. The van der Waals surface area contributed by atoms with E-state index in [9.17, 15) is 0 Å². The van der Waals surface area contributed by atoms with E-state index in [2.05, 4.69) is 90.9 Å². The van der Waals surface area contributed by atoms with E-state index < -0.39 is 0 Å². The molecule has 27 heavy (non-hydrogen) atoms. The lowest BCUT2D eigenvalue weighted by atomic mass is 9.82. The topological polar surface area (TPSA) is 9.23 Å². The molecule has 0 saturated carbocycles. The van der Waals surface area contributed by atoms with E-state index in [4.69, 9.17) is 4.74 Å². The van der Waals surface area contributed by atoms with Crippen LogP contribution >= 0.6 is 0 Å². The van der Waals surface area contributed by atoms with Gasteiger partial charge in [0.15, 0.2) is 0 Å². The molecule has 1 nitrogen and oxygen atoms in total. The number of hydrogen-bond acceptors (Lipinski definition) is 1. The fraction of sp³-hybridized carbons (Fsp3) is 0.462. The Labute approximate surface area is 166 Å². The molecule has 0 radical (unpaired) electrons. The van der Waals surface area contributed by atoms with Crippen LogP contribution in [0.3, 0.4) is 0 Å². The molecule has 0 aliphatic rings. The molecule has 1 heteroatoms. The largest absolute Gasteiger partial charge is 0.494 e. The predicted octanol–water partition coefficient (Wildman–Crippen LogP) is 7.89. The van der Waals surface area contributed by atoms with Gasteiger partial charge in [-0.15, -0.1) is 0 Å². The van der Waals surface area contributed by atoms with E-state index in [0.717, 1.165) is 6.42 Å². The molecular weight excluding hydrogens is 328 g/mol. The zero-order valence-corrected chi connectivity index (χ0v) is 18.1. The maximum atomic E-state index is 6.15. The van der Waals surface area contributed by atoms with E-state index >= 15 is 0 Å². The molecule has 0 spiro atoms. The van der Waals surface area contributed by atoms with Crippen LogP contribution in [0.5, 0.6) is 0 Å². The van der Waals surface area contributed by atoms with Crippen LogP contribution in [0.15, 0.2) is 54.8 Å². The van der Waals surface area contributed by atoms with Crippen LogP contribution in [0.2, 0.25) is 0 Å². The Morgan fingerprint density at radius 3 is 1.81 bits per heavy atom. The summed E-state index contributed by atoms with van der Waals surface area (Å²) in [5.41, 5.74) is 6.95. The first-order valence-electron chi connectivity index (χ1n) is 10.3. The molecule has 0 N–H and O–H groups in total. The van der Waals surface area contributed by atoms with Gasteiger partial charge in [0, 0.05) is 0 Å². The summed E-state index contributed by atoms with van der Waals surface area (Å²) in [5, 5.41) is 0. The summed E-state index contributed by atoms with van der Waals surface area (Å²) >= 11 is 0. The number of allylic oxidation sites excluding steroid dienone is 1. The second-order valence-electron chi connectivity index (χ2n) is 8.42. The molecule has 2 rings (SSSR count). The third kappa shape index (κ3) is 5.73. The Balaban J connectivity index is 2.26. The summed E-state index contributed by atoms with van der Waals surface area (Å²) in [6, 6.07) is 15.3. The van der Waals surface area contributed by atoms with Gasteiger partial charge in [-0.2, -0.15) is 0 Å². The molecule has 146 valence electrons. The fourth-order valence-electron chi connectivity index (χ4n) is 3.52. The van der Waals surface area contributed by atoms with Gasteiger partial charge in [0.25, 0.3) is 0 Å². The van der Waals surface area contributed by atoms with Crippen LogP contribution < -0.4 is 0 Å². The summed E-state index contributed by atoms with van der Waals surface area (Å²) in [5.74, 6) is 1.50. The van der Waals surface area contributed by atoms with Gasteiger partial charge in [0.05, 0.1) is 6.26 Å². The molecule has 0 amide bonds. The van der Waals surface area contributed by atoms with Gasteiger partial charge in [0.1, 0.15) is 6.10 Å². The van der Waals surface area contributed by atoms with E-state index in [1.807, 2.05) is 12.3 Å². The van der Waals surface area contributed by atoms with Gasteiger partial charge in [-0.05, 0) is 65.0 Å². The second kappa shape index (κ2) is 9.78. The monoisotopic (exact) mass is 364 g/mol. The summed E-state index contributed by atoms with van der Waals surface area (Å²) in [6.07, 6.45) is 4.93. The van der Waals surface area contributed by atoms with Crippen LogP contribution in [-0.4, -0.2) is 0 Å². The third-order valence-corrected chi connectivity index (χ3v) is 5.16. The minimum absolute atomic E-state index is 0.0491. The predicted molar refractivity (Wildman–Crippen MR) is 117 cm³/mol. The van der Waals surface area contributed by atoms with Crippen molar-refractivity contribution in [3.63, 3.8) is 0 Å². The first kappa shape index (κ1) is 21.3. The maximum absolute atomic E-state index is 6.15. The van der Waals surface area contributed by atoms with Crippen LogP contribution in [0.25, 0.3) is 0 Å². The zero-order chi connectivity index (χ0) is 20.0. The highest BCUT2D eigenvalue weighted by Crippen LogP contribution is 2.36. The summed E-state index contributed by atoms with van der Waals surface area (Å²) in [6.45, 7) is 15.9. The first-order chi connectivity index (χ1) is 12.8. The van der Waals surface area contributed by atoms with Gasteiger partial charge >= 0.3 is 0 Å². The van der Waals surface area contributed by atoms with E-state index in [0.29, 0.717) is 17.8 Å². The van der Waals surface area contributed by atoms with Crippen molar-refractivity contribution < 1.29 is 4.74 Å². The summed E-state index contributed by atoms with van der Waals surface area (Å²) in [4.78, 5) is 0. The molecule has 2 aromatic rings. The lowest BCUT2D eigenvalue weighted by molar-refractivity contribution is 0.161. The lowest BCUT2D eigenvalue weighted by Gasteiger charge is -2.26. The van der Waals surface area contributed by atoms with E-state index in [-0.39, 0.29) is 6.10 Å². The Morgan fingerprint density at radius 2 is 1.33 bits per heavy atom. The fourth-order valence-corrected chi connectivity index (χ4v) is 3.52. The van der Waals surface area contributed by atoms with Crippen molar-refractivity contribution in [1.82, 2.24) is 0 Å². The van der Waals surface area contributed by atoms with Crippen molar-refractivity contribution in [2.45, 2.75) is 78.7 Å². The Hall–Kier alpha value is -2.02. The van der Waals surface area contributed by atoms with Crippen molar-refractivity contribution in [2.75, 3.05) is 0 Å². The van der Waals surface area contributed by atoms with Crippen molar-refractivity contribution in [3.8, 4) is 0 Å². The van der Waals surface area contributed by atoms with Gasteiger partial charge in [0.2, 0.25) is 0 Å². The highest BCUT2D eigenvalue weighted by Gasteiger charge is 2.21. The van der Waals surface area contributed by atoms with Crippen molar-refractivity contribution in [2.24, 2.45) is 0 Å². The standard InChI is InChI=1S/C26H36O/c1-18(2)23-16-24(19(3)4)26(25(17-23)20(5)6)21(7)27-15-11-14-22-12-9-8-10-13-22/h8-13,15-21H,14H2,1-7H3/b15-11-. The smallest absolute Gasteiger partial charge is 0.121 e. The Kier molecular flexibility index (Phi) is 7.71. The quantitative estimate of drug-likeness (QED) is 0.433.